The Bertz CT molecular complexity index is 810. The summed E-state index contributed by atoms with van der Waals surface area (Å²) in [7, 11) is 1.34. The van der Waals surface area contributed by atoms with E-state index in [-0.39, 0.29) is 24.0 Å². The van der Waals surface area contributed by atoms with Crippen LogP contribution in [0, 0.1) is 0 Å². The third-order valence-electron chi connectivity index (χ3n) is 4.55. The Balaban J connectivity index is 0.00000320. The molecule has 1 fully saturated rings. The number of amides is 1. The number of carbonyl (C=O) groups is 1. The number of nitrogens with one attached hydrogen (secondary N) is 2. The molecule has 0 saturated carbocycles. The van der Waals surface area contributed by atoms with Gasteiger partial charge in [-0.3, -0.25) is 5.32 Å². The maximum Gasteiger partial charge on any atom is 0.411 e. The van der Waals surface area contributed by atoms with Gasteiger partial charge in [0.05, 0.1) is 13.7 Å². The fraction of sp³-hybridized carbons (Fsp3) is 0.400. The Labute approximate surface area is 194 Å². The molecular weight excluding hydrogens is 497 g/mol. The van der Waals surface area contributed by atoms with Crippen LogP contribution in [0.5, 0.6) is 0 Å². The van der Waals surface area contributed by atoms with E-state index in [1.165, 1.54) is 7.11 Å². The van der Waals surface area contributed by atoms with Gasteiger partial charge in [0.1, 0.15) is 0 Å². The number of piperazine rings is 1. The Hall–Kier alpha value is -2.63. The SMILES string of the molecule is CCNC(=NCc1ccc(NC(=O)OC)cc1)N1CCN(c2ncccn2)CC1.I. The number of hydrogen-bond acceptors (Lipinski definition) is 6. The van der Waals surface area contributed by atoms with Crippen LogP contribution in [0.2, 0.25) is 0 Å². The monoisotopic (exact) mass is 525 g/mol. The van der Waals surface area contributed by atoms with Crippen molar-refractivity contribution in [3.05, 3.63) is 48.3 Å². The van der Waals surface area contributed by atoms with Gasteiger partial charge in [0, 0.05) is 50.8 Å². The molecule has 0 unspecified atom stereocenters. The van der Waals surface area contributed by atoms with Gasteiger partial charge in [-0.1, -0.05) is 12.1 Å². The van der Waals surface area contributed by atoms with Crippen molar-refractivity contribution in [2.75, 3.05) is 50.1 Å². The number of benzene rings is 1. The molecule has 0 spiro atoms. The van der Waals surface area contributed by atoms with Gasteiger partial charge in [0.25, 0.3) is 0 Å². The minimum Gasteiger partial charge on any atom is -0.453 e. The molecule has 2 heterocycles. The van der Waals surface area contributed by atoms with Crippen LogP contribution in [0.25, 0.3) is 0 Å². The Kier molecular flexibility index (Phi) is 9.58. The predicted molar refractivity (Wildman–Crippen MR) is 129 cm³/mol. The van der Waals surface area contributed by atoms with Gasteiger partial charge in [0.15, 0.2) is 5.96 Å². The van der Waals surface area contributed by atoms with Crippen molar-refractivity contribution in [3.63, 3.8) is 0 Å². The zero-order valence-corrected chi connectivity index (χ0v) is 19.6. The molecule has 1 saturated heterocycles. The summed E-state index contributed by atoms with van der Waals surface area (Å²) in [4.78, 5) is 29.2. The second-order valence-electron chi connectivity index (χ2n) is 6.51. The van der Waals surface area contributed by atoms with E-state index in [0.717, 1.165) is 50.2 Å². The van der Waals surface area contributed by atoms with E-state index in [2.05, 4.69) is 42.1 Å². The molecule has 1 aliphatic rings. The van der Waals surface area contributed by atoms with E-state index in [0.29, 0.717) is 12.2 Å². The molecule has 0 radical (unpaired) electrons. The van der Waals surface area contributed by atoms with Gasteiger partial charge in [-0.2, -0.15) is 0 Å². The first-order valence-corrected chi connectivity index (χ1v) is 9.68. The van der Waals surface area contributed by atoms with Gasteiger partial charge >= 0.3 is 6.09 Å². The smallest absolute Gasteiger partial charge is 0.411 e. The molecule has 1 aromatic heterocycles. The van der Waals surface area contributed by atoms with E-state index in [1.54, 1.807) is 12.4 Å². The number of carbonyl (C=O) groups excluding carboxylic acids is 1. The maximum atomic E-state index is 11.3. The molecule has 10 heteroatoms. The van der Waals surface area contributed by atoms with Crippen molar-refractivity contribution in [2.24, 2.45) is 4.99 Å². The number of guanidine groups is 1. The number of halogens is 1. The highest BCUT2D eigenvalue weighted by Gasteiger charge is 2.21. The van der Waals surface area contributed by atoms with Crippen LogP contribution in [0.3, 0.4) is 0 Å². The molecule has 1 aliphatic heterocycles. The number of nitrogens with zero attached hydrogens (tertiary/aromatic N) is 5. The van der Waals surface area contributed by atoms with Crippen LogP contribution in [-0.2, 0) is 11.3 Å². The van der Waals surface area contributed by atoms with Crippen LogP contribution in [0.4, 0.5) is 16.4 Å². The fourth-order valence-corrected chi connectivity index (χ4v) is 3.03. The zero-order chi connectivity index (χ0) is 20.5. The molecule has 2 aromatic rings. The maximum absolute atomic E-state index is 11.3. The minimum absolute atomic E-state index is 0. The normalized spacial score (nSPS) is 14.0. The Morgan fingerprint density at radius 1 is 1.13 bits per heavy atom. The number of methoxy groups -OCH3 is 1. The lowest BCUT2D eigenvalue weighted by atomic mass is 10.2. The molecule has 2 N–H and O–H groups in total. The van der Waals surface area contributed by atoms with Crippen LogP contribution in [0.15, 0.2) is 47.7 Å². The summed E-state index contributed by atoms with van der Waals surface area (Å²) < 4.78 is 4.60. The van der Waals surface area contributed by atoms with Crippen molar-refractivity contribution >= 4 is 47.7 Å². The lowest BCUT2D eigenvalue weighted by Crippen LogP contribution is -2.52. The quantitative estimate of drug-likeness (QED) is 0.352. The highest BCUT2D eigenvalue weighted by atomic mass is 127. The van der Waals surface area contributed by atoms with Crippen LogP contribution >= 0.6 is 24.0 Å². The fourth-order valence-electron chi connectivity index (χ4n) is 3.03. The number of aliphatic imine (C=N–C) groups is 1. The molecule has 30 heavy (non-hydrogen) atoms. The number of aromatic nitrogens is 2. The number of rotatable bonds is 5. The molecule has 0 atom stereocenters. The van der Waals surface area contributed by atoms with Crippen molar-refractivity contribution in [1.82, 2.24) is 20.2 Å². The summed E-state index contributed by atoms with van der Waals surface area (Å²) in [6.45, 7) is 6.84. The third-order valence-corrected chi connectivity index (χ3v) is 4.55. The molecule has 0 aliphatic carbocycles. The topological polar surface area (TPSA) is 95.0 Å². The highest BCUT2D eigenvalue weighted by Crippen LogP contribution is 2.12. The summed E-state index contributed by atoms with van der Waals surface area (Å²) in [5.41, 5.74) is 1.75. The summed E-state index contributed by atoms with van der Waals surface area (Å²) >= 11 is 0. The Morgan fingerprint density at radius 3 is 2.40 bits per heavy atom. The van der Waals surface area contributed by atoms with Gasteiger partial charge in [0.2, 0.25) is 5.95 Å². The highest BCUT2D eigenvalue weighted by molar-refractivity contribution is 14.0. The molecule has 1 amide bonds. The molecule has 0 bridgehead atoms. The lowest BCUT2D eigenvalue weighted by Gasteiger charge is -2.36. The van der Waals surface area contributed by atoms with Gasteiger partial charge in [-0.05, 0) is 30.7 Å². The molecule has 1 aromatic carbocycles. The van der Waals surface area contributed by atoms with Crippen LogP contribution < -0.4 is 15.5 Å². The molecular formula is C20H28IN7O2. The molecule has 3 rings (SSSR count). The zero-order valence-electron chi connectivity index (χ0n) is 17.2. The van der Waals surface area contributed by atoms with E-state index in [1.807, 2.05) is 30.3 Å². The lowest BCUT2D eigenvalue weighted by molar-refractivity contribution is 0.187. The van der Waals surface area contributed by atoms with Gasteiger partial charge in [-0.15, -0.1) is 24.0 Å². The van der Waals surface area contributed by atoms with Gasteiger partial charge < -0.3 is 19.9 Å². The first-order chi connectivity index (χ1) is 14.2. The van der Waals surface area contributed by atoms with E-state index < -0.39 is 6.09 Å². The summed E-state index contributed by atoms with van der Waals surface area (Å²) in [6.07, 6.45) is 3.06. The number of hydrogen-bond donors (Lipinski definition) is 2. The number of anilines is 2. The molecule has 9 nitrogen and oxygen atoms in total. The predicted octanol–water partition coefficient (Wildman–Crippen LogP) is 2.56. The molecule has 162 valence electrons. The van der Waals surface area contributed by atoms with E-state index >= 15 is 0 Å². The summed E-state index contributed by atoms with van der Waals surface area (Å²) in [6, 6.07) is 9.40. The second kappa shape index (κ2) is 12.2. The Morgan fingerprint density at radius 2 is 1.80 bits per heavy atom. The minimum atomic E-state index is -0.481. The van der Waals surface area contributed by atoms with Crippen molar-refractivity contribution < 1.29 is 9.53 Å². The average molecular weight is 525 g/mol. The second-order valence-corrected chi connectivity index (χ2v) is 6.51. The van der Waals surface area contributed by atoms with Crippen LogP contribution in [-0.4, -0.2) is 66.8 Å². The van der Waals surface area contributed by atoms with Crippen molar-refractivity contribution in [2.45, 2.75) is 13.5 Å². The van der Waals surface area contributed by atoms with Crippen LogP contribution in [0.1, 0.15) is 12.5 Å². The van der Waals surface area contributed by atoms with Gasteiger partial charge in [-0.25, -0.2) is 19.8 Å². The first kappa shape index (κ1) is 23.6. The standard InChI is InChI=1S/C20H27N7O2.HI/c1-3-21-18(24-15-16-5-7-17(8-6-16)25-20(28)29-2)26-11-13-27(14-12-26)19-22-9-4-10-23-19;/h4-10H,3,11-15H2,1-2H3,(H,21,24)(H,25,28);1H. The first-order valence-electron chi connectivity index (χ1n) is 9.68. The third kappa shape index (κ3) is 6.71. The van der Waals surface area contributed by atoms with Crippen molar-refractivity contribution in [1.29, 1.82) is 0 Å². The summed E-state index contributed by atoms with van der Waals surface area (Å²) in [5, 5.41) is 6.02. The largest absolute Gasteiger partial charge is 0.453 e. The number of ether oxygens (including phenoxy) is 1. The average Bonchev–Trinajstić information content (AvgIpc) is 2.78. The summed E-state index contributed by atoms with van der Waals surface area (Å²) in [5.74, 6) is 1.67. The van der Waals surface area contributed by atoms with Crippen molar-refractivity contribution in [3.8, 4) is 0 Å². The van der Waals surface area contributed by atoms with E-state index in [9.17, 15) is 4.79 Å². The van der Waals surface area contributed by atoms with E-state index in [4.69, 9.17) is 4.99 Å².